The lowest BCUT2D eigenvalue weighted by Crippen LogP contribution is -2.11. The van der Waals surface area contributed by atoms with E-state index >= 15 is 0 Å². The minimum absolute atomic E-state index is 0.170. The van der Waals surface area contributed by atoms with E-state index in [-0.39, 0.29) is 30.6 Å². The Balaban J connectivity index is 1.51. The number of amides is 1. The molecule has 1 aromatic heterocycles. The van der Waals surface area contributed by atoms with E-state index in [9.17, 15) is 9.18 Å². The van der Waals surface area contributed by atoms with Crippen molar-refractivity contribution in [2.75, 3.05) is 16.5 Å². The van der Waals surface area contributed by atoms with Gasteiger partial charge in [-0.25, -0.2) is 14.4 Å². The molecule has 2 N–H and O–H groups in total. The van der Waals surface area contributed by atoms with E-state index < -0.39 is 0 Å². The largest absolute Gasteiger partial charge is 0.487 e. The number of nitrogens with zero attached hydrogens (tertiary/aromatic N) is 2. The second-order valence-electron chi connectivity index (χ2n) is 7.13. The van der Waals surface area contributed by atoms with Crippen molar-refractivity contribution in [1.29, 1.82) is 0 Å². The van der Waals surface area contributed by atoms with E-state index in [2.05, 4.69) is 20.6 Å². The summed E-state index contributed by atoms with van der Waals surface area (Å²) in [6.07, 6.45) is 1.68. The zero-order valence-electron chi connectivity index (χ0n) is 17.3. The van der Waals surface area contributed by atoms with Crippen molar-refractivity contribution in [3.05, 3.63) is 83.4 Å². The van der Waals surface area contributed by atoms with Gasteiger partial charge in [-0.15, -0.1) is 11.6 Å². The maximum Gasteiger partial charge on any atom is 0.225 e. The first-order valence-electron chi connectivity index (χ1n) is 10.1. The van der Waals surface area contributed by atoms with Crippen LogP contribution in [0.5, 0.6) is 5.75 Å². The number of rotatable bonds is 8. The van der Waals surface area contributed by atoms with Crippen LogP contribution in [0, 0.1) is 5.82 Å². The van der Waals surface area contributed by atoms with Crippen molar-refractivity contribution in [2.24, 2.45) is 0 Å². The molecule has 0 aliphatic carbocycles. The molecule has 0 aliphatic heterocycles. The third-order valence-corrected chi connectivity index (χ3v) is 5.20. The Morgan fingerprint density at radius 2 is 1.88 bits per heavy atom. The number of aromatic nitrogens is 2. The Morgan fingerprint density at radius 1 is 1.03 bits per heavy atom. The Hall–Kier alpha value is -3.42. The van der Waals surface area contributed by atoms with Crippen LogP contribution >= 0.6 is 23.2 Å². The molecule has 0 atom stereocenters. The molecule has 1 heterocycles. The monoisotopic (exact) mass is 484 g/mol. The summed E-state index contributed by atoms with van der Waals surface area (Å²) >= 11 is 12.0. The summed E-state index contributed by atoms with van der Waals surface area (Å²) in [4.78, 5) is 20.5. The molecule has 0 saturated carbocycles. The van der Waals surface area contributed by atoms with Crippen LogP contribution in [0.3, 0.4) is 0 Å². The Kier molecular flexibility index (Phi) is 7.22. The Labute approximate surface area is 199 Å². The van der Waals surface area contributed by atoms with Gasteiger partial charge in [-0.1, -0.05) is 23.7 Å². The normalized spacial score (nSPS) is 10.8. The number of ether oxygens (including phenoxy) is 1. The van der Waals surface area contributed by atoms with Gasteiger partial charge in [0.05, 0.1) is 10.5 Å². The Bertz CT molecular complexity index is 1300. The second-order valence-corrected chi connectivity index (χ2v) is 7.92. The number of carbonyl (C=O) groups is 1. The van der Waals surface area contributed by atoms with Gasteiger partial charge in [0, 0.05) is 29.1 Å². The van der Waals surface area contributed by atoms with Gasteiger partial charge in [-0.2, -0.15) is 0 Å². The predicted octanol–water partition coefficient (Wildman–Crippen LogP) is 6.31. The van der Waals surface area contributed by atoms with Gasteiger partial charge in [0.15, 0.2) is 0 Å². The van der Waals surface area contributed by atoms with Crippen LogP contribution in [0.15, 0.2) is 67.0 Å². The minimum atomic E-state index is -0.319. The summed E-state index contributed by atoms with van der Waals surface area (Å²) in [5.74, 6) is 0.788. The molecule has 0 unspecified atom stereocenters. The van der Waals surface area contributed by atoms with Gasteiger partial charge >= 0.3 is 0 Å². The molecule has 0 fully saturated rings. The molecule has 33 heavy (non-hydrogen) atoms. The van der Waals surface area contributed by atoms with Crippen LogP contribution in [0.1, 0.15) is 12.0 Å². The predicted molar refractivity (Wildman–Crippen MR) is 129 cm³/mol. The molecule has 0 bridgehead atoms. The summed E-state index contributed by atoms with van der Waals surface area (Å²) < 4.78 is 19.1. The van der Waals surface area contributed by atoms with E-state index in [1.54, 1.807) is 48.5 Å². The van der Waals surface area contributed by atoms with Crippen molar-refractivity contribution in [1.82, 2.24) is 9.97 Å². The SMILES string of the molecule is O=C(CCCl)Nc1ccc2ncnc(Nc3ccc(OCc4cccc(F)c4)c(Cl)c3)c2c1. The van der Waals surface area contributed by atoms with E-state index in [0.29, 0.717) is 39.0 Å². The zero-order valence-corrected chi connectivity index (χ0v) is 18.8. The molecule has 0 spiro atoms. The van der Waals surface area contributed by atoms with Crippen molar-refractivity contribution in [3.8, 4) is 5.75 Å². The summed E-state index contributed by atoms with van der Waals surface area (Å²) in [5.41, 5.74) is 2.72. The number of anilines is 3. The lowest BCUT2D eigenvalue weighted by Gasteiger charge is -2.12. The van der Waals surface area contributed by atoms with Crippen molar-refractivity contribution in [2.45, 2.75) is 13.0 Å². The van der Waals surface area contributed by atoms with Crippen LogP contribution < -0.4 is 15.4 Å². The molecular formula is C24H19Cl2FN4O2. The molecule has 1 amide bonds. The van der Waals surface area contributed by atoms with Crippen LogP contribution in [-0.4, -0.2) is 21.8 Å². The molecule has 168 valence electrons. The average molecular weight is 485 g/mol. The minimum Gasteiger partial charge on any atom is -0.487 e. The quantitative estimate of drug-likeness (QED) is 0.286. The first-order chi connectivity index (χ1) is 16.0. The molecule has 4 aromatic rings. The average Bonchev–Trinajstić information content (AvgIpc) is 2.79. The molecule has 3 aromatic carbocycles. The highest BCUT2D eigenvalue weighted by Crippen LogP contribution is 2.31. The van der Waals surface area contributed by atoms with Crippen LogP contribution in [0.25, 0.3) is 10.9 Å². The molecule has 0 radical (unpaired) electrons. The number of benzene rings is 3. The van der Waals surface area contributed by atoms with Crippen LogP contribution in [-0.2, 0) is 11.4 Å². The number of fused-ring (bicyclic) bond motifs is 1. The topological polar surface area (TPSA) is 76.1 Å². The number of carbonyl (C=O) groups excluding carboxylic acids is 1. The lowest BCUT2D eigenvalue weighted by molar-refractivity contribution is -0.115. The molecule has 4 rings (SSSR count). The lowest BCUT2D eigenvalue weighted by atomic mass is 10.2. The van der Waals surface area contributed by atoms with Gasteiger partial charge in [0.1, 0.15) is 30.3 Å². The highest BCUT2D eigenvalue weighted by molar-refractivity contribution is 6.32. The first kappa shape index (κ1) is 22.8. The summed E-state index contributed by atoms with van der Waals surface area (Å²) in [7, 11) is 0. The number of halogens is 3. The maximum absolute atomic E-state index is 13.3. The van der Waals surface area contributed by atoms with Crippen molar-refractivity contribution >= 4 is 57.2 Å². The number of alkyl halides is 1. The smallest absolute Gasteiger partial charge is 0.225 e. The summed E-state index contributed by atoms with van der Waals surface area (Å²) in [6.45, 7) is 0.193. The molecule has 9 heteroatoms. The Morgan fingerprint density at radius 3 is 2.67 bits per heavy atom. The van der Waals surface area contributed by atoms with E-state index in [1.165, 1.54) is 18.5 Å². The third-order valence-electron chi connectivity index (χ3n) is 4.72. The van der Waals surface area contributed by atoms with Gasteiger partial charge in [0.25, 0.3) is 0 Å². The van der Waals surface area contributed by atoms with Gasteiger partial charge in [-0.05, 0) is 54.1 Å². The van der Waals surface area contributed by atoms with Gasteiger partial charge in [0.2, 0.25) is 5.91 Å². The second kappa shape index (κ2) is 10.5. The summed E-state index contributed by atoms with van der Waals surface area (Å²) in [6, 6.07) is 16.8. The molecule has 6 nitrogen and oxygen atoms in total. The van der Waals surface area contributed by atoms with Crippen LogP contribution in [0.4, 0.5) is 21.6 Å². The van der Waals surface area contributed by atoms with Crippen molar-refractivity contribution < 1.29 is 13.9 Å². The van der Waals surface area contributed by atoms with E-state index in [0.717, 1.165) is 5.39 Å². The fraction of sp³-hybridized carbons (Fsp3) is 0.125. The molecule has 0 saturated heterocycles. The van der Waals surface area contributed by atoms with Crippen LogP contribution in [0.2, 0.25) is 5.02 Å². The maximum atomic E-state index is 13.3. The standard InChI is InChI=1S/C24H19Cl2FN4O2/c25-9-8-23(32)30-17-4-6-21-19(11-17)24(29-14-28-21)31-18-5-7-22(20(26)12-18)33-13-15-2-1-3-16(27)10-15/h1-7,10-12,14H,8-9,13H2,(H,30,32)(H,28,29,31). The molecule has 0 aliphatic rings. The fourth-order valence-electron chi connectivity index (χ4n) is 3.16. The highest BCUT2D eigenvalue weighted by atomic mass is 35.5. The van der Waals surface area contributed by atoms with Gasteiger partial charge in [-0.3, -0.25) is 4.79 Å². The first-order valence-corrected chi connectivity index (χ1v) is 11.0. The highest BCUT2D eigenvalue weighted by Gasteiger charge is 2.10. The van der Waals surface area contributed by atoms with Crippen molar-refractivity contribution in [3.63, 3.8) is 0 Å². The van der Waals surface area contributed by atoms with Gasteiger partial charge < -0.3 is 15.4 Å². The number of nitrogens with one attached hydrogen (secondary N) is 2. The number of hydrogen-bond acceptors (Lipinski definition) is 5. The third kappa shape index (κ3) is 5.88. The molecular weight excluding hydrogens is 466 g/mol. The van der Waals surface area contributed by atoms with E-state index in [4.69, 9.17) is 27.9 Å². The fourth-order valence-corrected chi connectivity index (χ4v) is 3.57. The zero-order chi connectivity index (χ0) is 23.2. The summed E-state index contributed by atoms with van der Waals surface area (Å²) in [5, 5.41) is 7.15. The van der Waals surface area contributed by atoms with E-state index in [1.807, 2.05) is 0 Å². The number of hydrogen-bond donors (Lipinski definition) is 2.